The minimum atomic E-state index is 1.00. The lowest BCUT2D eigenvalue weighted by Gasteiger charge is -2.05. The standard InChI is InChI=1S/C26H52.5CH4O/c1-2-4-6-8-10-12-14-16-18-20-22-24-26-25-23-21-19-17-15-13-11-9-7-5-3-1;5*1-2/h1-26H2;5*2H,1H3. The van der Waals surface area contributed by atoms with Gasteiger partial charge >= 0.3 is 0 Å². The van der Waals surface area contributed by atoms with E-state index in [9.17, 15) is 0 Å². The zero-order chi connectivity index (χ0) is 28.4. The lowest BCUT2D eigenvalue weighted by Crippen LogP contribution is -1.85. The molecule has 5 heteroatoms. The molecule has 0 aromatic rings. The molecule has 1 rings (SSSR count). The summed E-state index contributed by atoms with van der Waals surface area (Å²) in [5.41, 5.74) is 0. The Morgan fingerprint density at radius 1 is 0.139 bits per heavy atom. The molecule has 0 saturated heterocycles. The lowest BCUT2D eigenvalue weighted by atomic mass is 10.0. The molecule has 1 saturated carbocycles. The summed E-state index contributed by atoms with van der Waals surface area (Å²) in [4.78, 5) is 0. The van der Waals surface area contributed by atoms with E-state index in [1.165, 1.54) is 167 Å². The number of hydrogen-bond acceptors (Lipinski definition) is 5. The Kier molecular flexibility index (Phi) is 75.8. The van der Waals surface area contributed by atoms with Crippen molar-refractivity contribution in [3.8, 4) is 0 Å². The fraction of sp³-hybridized carbons (Fsp3) is 1.00. The van der Waals surface area contributed by atoms with Gasteiger partial charge in [0.1, 0.15) is 0 Å². The second kappa shape index (κ2) is 59.7. The number of aliphatic hydroxyl groups excluding tert-OH is 5. The van der Waals surface area contributed by atoms with Crippen molar-refractivity contribution in [3.05, 3.63) is 0 Å². The molecule has 36 heavy (non-hydrogen) atoms. The average Bonchev–Trinajstić information content (AvgIpc) is 2.97. The minimum Gasteiger partial charge on any atom is -0.400 e. The van der Waals surface area contributed by atoms with Crippen LogP contribution in [-0.2, 0) is 0 Å². The molecule has 1 fully saturated rings. The van der Waals surface area contributed by atoms with Crippen molar-refractivity contribution >= 4 is 0 Å². The summed E-state index contributed by atoms with van der Waals surface area (Å²) in [7, 11) is 5.00. The molecule has 226 valence electrons. The van der Waals surface area contributed by atoms with Crippen molar-refractivity contribution in [1.29, 1.82) is 0 Å². The Balaban J connectivity index is -0.000000284. The molecule has 0 heterocycles. The zero-order valence-electron chi connectivity index (χ0n) is 25.6. The highest BCUT2D eigenvalue weighted by molar-refractivity contribution is 4.53. The van der Waals surface area contributed by atoms with Gasteiger partial charge in [0.15, 0.2) is 0 Å². The van der Waals surface area contributed by atoms with Crippen LogP contribution in [0.3, 0.4) is 0 Å². The second-order valence-corrected chi connectivity index (χ2v) is 9.19. The zero-order valence-corrected chi connectivity index (χ0v) is 25.6. The maximum atomic E-state index is 7.00. The molecular weight excluding hydrogens is 452 g/mol. The fourth-order valence-electron chi connectivity index (χ4n) is 4.60. The lowest BCUT2D eigenvalue weighted by molar-refractivity contribution is 0.399. The summed E-state index contributed by atoms with van der Waals surface area (Å²) in [6.45, 7) is 0. The summed E-state index contributed by atoms with van der Waals surface area (Å²) in [5.74, 6) is 0. The minimum absolute atomic E-state index is 1.00. The molecule has 0 spiro atoms. The Bertz CT molecular complexity index is 143. The van der Waals surface area contributed by atoms with E-state index in [1.54, 1.807) is 0 Å². The highest BCUT2D eigenvalue weighted by atomic mass is 16.2. The van der Waals surface area contributed by atoms with Crippen LogP contribution in [0, 0.1) is 0 Å². The topological polar surface area (TPSA) is 101 Å². The van der Waals surface area contributed by atoms with Crippen molar-refractivity contribution in [3.63, 3.8) is 0 Å². The molecule has 0 bridgehead atoms. The maximum Gasteiger partial charge on any atom is 0.0319 e. The summed E-state index contributed by atoms with van der Waals surface area (Å²) < 4.78 is 0. The monoisotopic (exact) mass is 525 g/mol. The van der Waals surface area contributed by atoms with E-state index in [0.717, 1.165) is 35.5 Å². The molecule has 0 aromatic carbocycles. The molecule has 0 amide bonds. The van der Waals surface area contributed by atoms with E-state index in [1.807, 2.05) is 0 Å². The number of aliphatic hydroxyl groups is 5. The smallest absolute Gasteiger partial charge is 0.0319 e. The van der Waals surface area contributed by atoms with E-state index in [2.05, 4.69) is 0 Å². The SMILES string of the molecule is C1CCCCCCCCCCCCCCCCCCCCCCCCC1.CO.CO.CO.CO.CO. The fourth-order valence-corrected chi connectivity index (χ4v) is 4.60. The van der Waals surface area contributed by atoms with Crippen LogP contribution in [-0.4, -0.2) is 61.1 Å². The van der Waals surface area contributed by atoms with Gasteiger partial charge in [0, 0.05) is 35.5 Å². The van der Waals surface area contributed by atoms with Gasteiger partial charge in [-0.15, -0.1) is 0 Å². The van der Waals surface area contributed by atoms with Gasteiger partial charge in [-0.2, -0.15) is 0 Å². The van der Waals surface area contributed by atoms with Crippen molar-refractivity contribution < 1.29 is 25.5 Å². The molecule has 0 atom stereocenters. The van der Waals surface area contributed by atoms with Gasteiger partial charge < -0.3 is 25.5 Å². The number of hydrogen-bond donors (Lipinski definition) is 5. The molecule has 1 aliphatic rings. The predicted octanol–water partition coefficient (Wildman–Crippen LogP) is 8.19. The third kappa shape index (κ3) is 54.6. The van der Waals surface area contributed by atoms with Crippen LogP contribution < -0.4 is 0 Å². The molecule has 0 aromatic heterocycles. The van der Waals surface area contributed by atoms with Gasteiger partial charge in [0.05, 0.1) is 0 Å². The third-order valence-electron chi connectivity index (χ3n) is 6.50. The van der Waals surface area contributed by atoms with Gasteiger partial charge in [0.2, 0.25) is 0 Å². The molecule has 5 N–H and O–H groups in total. The Labute approximate surface area is 228 Å². The highest BCUT2D eigenvalue weighted by Crippen LogP contribution is 2.17. The first-order chi connectivity index (χ1) is 18.0. The first kappa shape index (κ1) is 45.7. The first-order valence-electron chi connectivity index (χ1n) is 15.2. The van der Waals surface area contributed by atoms with Crippen LogP contribution in [0.4, 0.5) is 0 Å². The van der Waals surface area contributed by atoms with E-state index < -0.39 is 0 Å². The third-order valence-corrected chi connectivity index (χ3v) is 6.50. The first-order valence-corrected chi connectivity index (χ1v) is 15.2. The summed E-state index contributed by atoms with van der Waals surface area (Å²) in [6, 6.07) is 0. The van der Waals surface area contributed by atoms with Gasteiger partial charge in [-0.05, 0) is 0 Å². The molecule has 0 aliphatic heterocycles. The van der Waals surface area contributed by atoms with Crippen LogP contribution in [0.25, 0.3) is 0 Å². The van der Waals surface area contributed by atoms with Gasteiger partial charge in [-0.25, -0.2) is 0 Å². The quantitative estimate of drug-likeness (QED) is 0.220. The Morgan fingerprint density at radius 2 is 0.167 bits per heavy atom. The molecule has 0 unspecified atom stereocenters. The van der Waals surface area contributed by atoms with Crippen molar-refractivity contribution in [2.75, 3.05) is 35.5 Å². The van der Waals surface area contributed by atoms with E-state index in [-0.39, 0.29) is 0 Å². The summed E-state index contributed by atoms with van der Waals surface area (Å²) in [6.07, 6.45) is 39.0. The van der Waals surface area contributed by atoms with E-state index in [4.69, 9.17) is 25.5 Å². The van der Waals surface area contributed by atoms with Gasteiger partial charge in [-0.1, -0.05) is 167 Å². The Morgan fingerprint density at radius 3 is 0.194 bits per heavy atom. The van der Waals surface area contributed by atoms with E-state index in [0.29, 0.717) is 0 Å². The largest absolute Gasteiger partial charge is 0.400 e. The normalized spacial score (nSPS) is 18.2. The van der Waals surface area contributed by atoms with Crippen LogP contribution in [0.2, 0.25) is 0 Å². The van der Waals surface area contributed by atoms with Crippen molar-refractivity contribution in [2.24, 2.45) is 0 Å². The van der Waals surface area contributed by atoms with Gasteiger partial charge in [-0.3, -0.25) is 0 Å². The molecule has 1 aliphatic carbocycles. The van der Waals surface area contributed by atoms with Crippen LogP contribution >= 0.6 is 0 Å². The second-order valence-electron chi connectivity index (χ2n) is 9.19. The van der Waals surface area contributed by atoms with Gasteiger partial charge in [0.25, 0.3) is 0 Å². The number of rotatable bonds is 0. The predicted molar refractivity (Wildman–Crippen MR) is 161 cm³/mol. The Hall–Kier alpha value is -0.200. The van der Waals surface area contributed by atoms with Crippen LogP contribution in [0.15, 0.2) is 0 Å². The van der Waals surface area contributed by atoms with Crippen LogP contribution in [0.1, 0.15) is 167 Å². The molecule has 0 radical (unpaired) electrons. The van der Waals surface area contributed by atoms with E-state index >= 15 is 0 Å². The summed E-state index contributed by atoms with van der Waals surface area (Å²) >= 11 is 0. The molecule has 5 nitrogen and oxygen atoms in total. The summed E-state index contributed by atoms with van der Waals surface area (Å²) in [5, 5.41) is 35.0. The molecular formula is C31H72O5. The maximum absolute atomic E-state index is 7.00. The average molecular weight is 525 g/mol. The highest BCUT2D eigenvalue weighted by Gasteiger charge is 1.97. The van der Waals surface area contributed by atoms with Crippen molar-refractivity contribution in [1.82, 2.24) is 0 Å². The van der Waals surface area contributed by atoms with Crippen molar-refractivity contribution in [2.45, 2.75) is 167 Å². The van der Waals surface area contributed by atoms with Crippen LogP contribution in [0.5, 0.6) is 0 Å².